The van der Waals surface area contributed by atoms with Gasteiger partial charge in [0, 0.05) is 19.1 Å². The van der Waals surface area contributed by atoms with Crippen molar-refractivity contribution in [1.82, 2.24) is 14.9 Å². The SMILES string of the molecule is C[S+]([O-])c1ccc2c(c1)CN(C(=O)C1(C#N)CC1)C2C(=O)Nc1cnc(N(Cc2ccc(C(F)(F)F)cc2)C2CC2)nc1. The smallest absolute Gasteiger partial charge is 0.416 e. The Morgan fingerprint density at radius 1 is 1.16 bits per heavy atom. The van der Waals surface area contributed by atoms with Gasteiger partial charge in [0.2, 0.25) is 11.9 Å². The number of anilines is 2. The highest BCUT2D eigenvalue weighted by molar-refractivity contribution is 7.90. The zero-order chi connectivity index (χ0) is 30.5. The molecule has 2 heterocycles. The molecule has 2 aromatic carbocycles. The Kier molecular flexibility index (Phi) is 7.30. The summed E-state index contributed by atoms with van der Waals surface area (Å²) < 4.78 is 50.9. The largest absolute Gasteiger partial charge is 0.612 e. The van der Waals surface area contributed by atoms with Crippen LogP contribution in [0, 0.1) is 16.7 Å². The molecular weight excluding hydrogens is 581 g/mol. The van der Waals surface area contributed by atoms with Crippen LogP contribution < -0.4 is 10.2 Å². The molecule has 0 spiro atoms. The highest BCUT2D eigenvalue weighted by atomic mass is 32.2. The fourth-order valence-electron chi connectivity index (χ4n) is 5.34. The summed E-state index contributed by atoms with van der Waals surface area (Å²) in [4.78, 5) is 39.8. The second-order valence-corrected chi connectivity index (χ2v) is 12.5. The van der Waals surface area contributed by atoms with E-state index in [1.807, 2.05) is 4.90 Å². The van der Waals surface area contributed by atoms with Crippen LogP contribution in [0.15, 0.2) is 59.8 Å². The van der Waals surface area contributed by atoms with Crippen LogP contribution in [0.3, 0.4) is 0 Å². The number of rotatable bonds is 8. The van der Waals surface area contributed by atoms with Crippen molar-refractivity contribution in [2.75, 3.05) is 16.5 Å². The predicted octanol–water partition coefficient (Wildman–Crippen LogP) is 4.73. The monoisotopic (exact) mass is 608 g/mol. The number of aromatic nitrogens is 2. The third-order valence-corrected chi connectivity index (χ3v) is 8.98. The molecule has 222 valence electrons. The molecule has 2 atom stereocenters. The van der Waals surface area contributed by atoms with Crippen molar-refractivity contribution in [2.24, 2.45) is 5.41 Å². The van der Waals surface area contributed by atoms with Crippen molar-refractivity contribution in [3.05, 3.63) is 77.1 Å². The fraction of sp³-hybridized carbons (Fsp3) is 0.367. The Bertz CT molecular complexity index is 1600. The van der Waals surface area contributed by atoms with Gasteiger partial charge in [0.05, 0.1) is 29.7 Å². The minimum atomic E-state index is -4.41. The quantitative estimate of drug-likeness (QED) is 0.367. The van der Waals surface area contributed by atoms with Crippen LogP contribution in [-0.2, 0) is 40.0 Å². The number of hydrogen-bond acceptors (Lipinski definition) is 7. The summed E-state index contributed by atoms with van der Waals surface area (Å²) in [5.74, 6) is -0.514. The van der Waals surface area contributed by atoms with Gasteiger partial charge in [-0.15, -0.1) is 0 Å². The van der Waals surface area contributed by atoms with E-state index in [1.54, 1.807) is 24.5 Å². The number of nitrogens with one attached hydrogen (secondary N) is 1. The molecule has 1 N–H and O–H groups in total. The number of alkyl halides is 3. The van der Waals surface area contributed by atoms with Gasteiger partial charge in [-0.2, -0.15) is 18.4 Å². The summed E-state index contributed by atoms with van der Waals surface area (Å²) in [6.07, 6.45) is 2.74. The number of nitrogens with zero attached hydrogens (tertiary/aromatic N) is 5. The van der Waals surface area contributed by atoms with E-state index in [0.717, 1.165) is 25.0 Å². The second kappa shape index (κ2) is 10.8. The Balaban J connectivity index is 1.20. The summed E-state index contributed by atoms with van der Waals surface area (Å²) in [5.41, 5.74) is 0.448. The number of nitriles is 1. The van der Waals surface area contributed by atoms with Crippen molar-refractivity contribution in [3.63, 3.8) is 0 Å². The standard InChI is InChI=1S/C30H27F3N6O3S/c1-43(42)23-8-9-24-19(12-23)16-39(27(41)29(17-34)10-11-29)25(24)26(40)37-21-13-35-28(36-14-21)38(22-6-7-22)15-18-2-4-20(5-3-18)30(31,32)33/h2-5,8-9,12-14,22,25H,6-7,10-11,15-16H2,1H3,(H,37,40). The number of amides is 2. The van der Waals surface area contributed by atoms with Crippen LogP contribution in [0.5, 0.6) is 0 Å². The fourth-order valence-corrected chi connectivity index (χ4v) is 5.91. The maximum Gasteiger partial charge on any atom is 0.416 e. The first-order chi connectivity index (χ1) is 20.5. The Morgan fingerprint density at radius 3 is 2.40 bits per heavy atom. The summed E-state index contributed by atoms with van der Waals surface area (Å²) in [7, 11) is 0. The minimum Gasteiger partial charge on any atom is -0.612 e. The van der Waals surface area contributed by atoms with E-state index in [1.165, 1.54) is 29.4 Å². The van der Waals surface area contributed by atoms with Crippen LogP contribution in [0.4, 0.5) is 24.8 Å². The molecule has 2 saturated carbocycles. The van der Waals surface area contributed by atoms with Gasteiger partial charge in [0.25, 0.3) is 5.91 Å². The second-order valence-electron chi connectivity index (χ2n) is 11.2. The van der Waals surface area contributed by atoms with Crippen LogP contribution in [0.2, 0.25) is 0 Å². The Hall–Kier alpha value is -4.15. The molecule has 0 saturated heterocycles. The van der Waals surface area contributed by atoms with E-state index < -0.39 is 46.2 Å². The molecule has 0 bridgehead atoms. The van der Waals surface area contributed by atoms with E-state index in [0.29, 0.717) is 52.6 Å². The van der Waals surface area contributed by atoms with Gasteiger partial charge >= 0.3 is 6.18 Å². The van der Waals surface area contributed by atoms with E-state index >= 15 is 0 Å². The molecule has 3 aliphatic rings. The summed E-state index contributed by atoms with van der Waals surface area (Å²) in [6, 6.07) is 11.4. The lowest BCUT2D eigenvalue weighted by Gasteiger charge is -2.26. The molecule has 3 aromatic rings. The molecule has 43 heavy (non-hydrogen) atoms. The lowest BCUT2D eigenvalue weighted by molar-refractivity contribution is -0.141. The first-order valence-electron chi connectivity index (χ1n) is 13.7. The zero-order valence-corrected chi connectivity index (χ0v) is 23.9. The first kappa shape index (κ1) is 28.9. The molecular formula is C30H27F3N6O3S. The van der Waals surface area contributed by atoms with Crippen molar-refractivity contribution in [1.29, 1.82) is 5.26 Å². The molecule has 2 aliphatic carbocycles. The zero-order valence-electron chi connectivity index (χ0n) is 23.1. The third kappa shape index (κ3) is 5.77. The third-order valence-electron chi connectivity index (χ3n) is 8.06. The Morgan fingerprint density at radius 2 is 1.84 bits per heavy atom. The van der Waals surface area contributed by atoms with Gasteiger partial charge in [-0.1, -0.05) is 18.2 Å². The van der Waals surface area contributed by atoms with Gasteiger partial charge in [-0.3, -0.25) is 9.59 Å². The maximum absolute atomic E-state index is 13.6. The molecule has 1 aromatic heterocycles. The molecule has 2 amide bonds. The predicted molar refractivity (Wildman–Crippen MR) is 151 cm³/mol. The highest BCUT2D eigenvalue weighted by Crippen LogP contribution is 2.49. The van der Waals surface area contributed by atoms with Crippen molar-refractivity contribution in [2.45, 2.75) is 61.9 Å². The molecule has 13 heteroatoms. The van der Waals surface area contributed by atoms with Crippen molar-refractivity contribution < 1.29 is 27.3 Å². The van der Waals surface area contributed by atoms with Gasteiger partial charge in [-0.05, 0) is 77.8 Å². The first-order valence-corrected chi connectivity index (χ1v) is 15.3. The number of benzene rings is 2. The summed E-state index contributed by atoms with van der Waals surface area (Å²) in [6.45, 7) is 0.450. The van der Waals surface area contributed by atoms with E-state index in [4.69, 9.17) is 0 Å². The number of carbonyl (C=O) groups excluding carboxylic acids is 2. The molecule has 6 rings (SSSR count). The lowest BCUT2D eigenvalue weighted by atomic mass is 10.0. The van der Waals surface area contributed by atoms with Crippen LogP contribution >= 0.6 is 0 Å². The lowest BCUT2D eigenvalue weighted by Crippen LogP contribution is -2.40. The molecule has 2 fully saturated rings. The maximum atomic E-state index is 13.6. The van der Waals surface area contributed by atoms with Gasteiger partial charge in [0.15, 0.2) is 4.90 Å². The summed E-state index contributed by atoms with van der Waals surface area (Å²) in [5, 5.41) is 12.4. The molecule has 1 aliphatic heterocycles. The number of halogens is 3. The Labute approximate surface area is 248 Å². The average Bonchev–Trinajstić information content (AvgIpc) is 3.92. The van der Waals surface area contributed by atoms with Crippen LogP contribution in [0.25, 0.3) is 0 Å². The number of carbonyl (C=O) groups is 2. The van der Waals surface area contributed by atoms with E-state index in [-0.39, 0.29) is 12.6 Å². The van der Waals surface area contributed by atoms with Gasteiger partial charge in [0.1, 0.15) is 17.7 Å². The highest BCUT2D eigenvalue weighted by Gasteiger charge is 2.55. The number of hydrogen-bond donors (Lipinski definition) is 1. The minimum absolute atomic E-state index is 0.121. The normalized spacial score (nSPS) is 19.3. The molecule has 2 unspecified atom stereocenters. The van der Waals surface area contributed by atoms with Crippen LogP contribution in [0.1, 0.15) is 54.0 Å². The van der Waals surface area contributed by atoms with Crippen molar-refractivity contribution >= 4 is 34.6 Å². The van der Waals surface area contributed by atoms with E-state index in [2.05, 4.69) is 21.4 Å². The summed E-state index contributed by atoms with van der Waals surface area (Å²) >= 11 is -1.25. The molecule has 9 nitrogen and oxygen atoms in total. The average molecular weight is 609 g/mol. The number of fused-ring (bicyclic) bond motifs is 1. The molecule has 0 radical (unpaired) electrons. The van der Waals surface area contributed by atoms with Gasteiger partial charge < -0.3 is 19.7 Å². The van der Waals surface area contributed by atoms with Gasteiger partial charge in [-0.25, -0.2) is 9.97 Å². The van der Waals surface area contributed by atoms with Crippen LogP contribution in [-0.4, -0.2) is 43.5 Å². The van der Waals surface area contributed by atoms with E-state index in [9.17, 15) is 32.6 Å². The van der Waals surface area contributed by atoms with Crippen molar-refractivity contribution in [3.8, 4) is 6.07 Å². The topological polar surface area (TPSA) is 125 Å².